The zero-order valence-electron chi connectivity index (χ0n) is 16.9. The summed E-state index contributed by atoms with van der Waals surface area (Å²) in [6, 6.07) is 15.8. The predicted molar refractivity (Wildman–Crippen MR) is 115 cm³/mol. The summed E-state index contributed by atoms with van der Waals surface area (Å²) in [5.74, 6) is 0.0734. The van der Waals surface area contributed by atoms with Crippen LogP contribution in [0.1, 0.15) is 53.6 Å². The van der Waals surface area contributed by atoms with Gasteiger partial charge in [-0.25, -0.2) is 0 Å². The van der Waals surface area contributed by atoms with Crippen LogP contribution in [-0.2, 0) is 17.9 Å². The molecule has 4 rings (SSSR count). The van der Waals surface area contributed by atoms with Gasteiger partial charge >= 0.3 is 0 Å². The molecule has 1 N–H and O–H groups in total. The number of hydrogen-bond donors (Lipinski definition) is 1. The van der Waals surface area contributed by atoms with Crippen molar-refractivity contribution >= 4 is 17.5 Å². The Labute approximate surface area is 172 Å². The van der Waals surface area contributed by atoms with E-state index in [4.69, 9.17) is 0 Å². The molecule has 0 aliphatic carbocycles. The molecule has 29 heavy (non-hydrogen) atoms. The van der Waals surface area contributed by atoms with Crippen LogP contribution in [0.4, 0.5) is 5.69 Å². The first-order chi connectivity index (χ1) is 14.2. The summed E-state index contributed by atoms with van der Waals surface area (Å²) in [6.07, 6.45) is 5.22. The molecule has 2 aromatic carbocycles. The number of nitrogens with zero attached hydrogens (tertiary/aromatic N) is 2. The van der Waals surface area contributed by atoms with Gasteiger partial charge in [-0.3, -0.25) is 14.5 Å². The van der Waals surface area contributed by atoms with Crippen molar-refractivity contribution in [2.75, 3.05) is 24.5 Å². The third-order valence-electron chi connectivity index (χ3n) is 5.85. The lowest BCUT2D eigenvalue weighted by molar-refractivity contribution is -0.119. The zero-order valence-corrected chi connectivity index (χ0v) is 16.9. The van der Waals surface area contributed by atoms with Gasteiger partial charge in [0.25, 0.3) is 5.91 Å². The van der Waals surface area contributed by atoms with E-state index in [-0.39, 0.29) is 11.8 Å². The highest BCUT2D eigenvalue weighted by Gasteiger charge is 2.19. The van der Waals surface area contributed by atoms with Crippen molar-refractivity contribution in [2.45, 2.75) is 45.2 Å². The molecular weight excluding hydrogens is 362 g/mol. The first kappa shape index (κ1) is 19.6. The van der Waals surface area contributed by atoms with E-state index in [1.54, 1.807) is 12.1 Å². The number of likely N-dealkylation sites (tertiary alicyclic amines) is 1. The molecule has 0 radical (unpaired) electrons. The minimum Gasteiger partial charge on any atom is -0.348 e. The highest BCUT2D eigenvalue weighted by molar-refractivity contribution is 5.96. The van der Waals surface area contributed by atoms with Crippen molar-refractivity contribution in [1.82, 2.24) is 10.2 Å². The lowest BCUT2D eigenvalue weighted by Crippen LogP contribution is -2.35. The number of hydrogen-bond acceptors (Lipinski definition) is 3. The molecule has 0 bridgehead atoms. The van der Waals surface area contributed by atoms with Crippen molar-refractivity contribution in [1.29, 1.82) is 0 Å². The van der Waals surface area contributed by atoms with Crippen molar-refractivity contribution in [3.8, 4) is 0 Å². The van der Waals surface area contributed by atoms with E-state index < -0.39 is 0 Å². The third-order valence-corrected chi connectivity index (χ3v) is 5.85. The van der Waals surface area contributed by atoms with Gasteiger partial charge in [0.15, 0.2) is 0 Å². The summed E-state index contributed by atoms with van der Waals surface area (Å²) in [6.45, 7) is 4.68. The van der Waals surface area contributed by atoms with Crippen molar-refractivity contribution in [2.24, 2.45) is 0 Å². The fourth-order valence-electron chi connectivity index (χ4n) is 4.12. The van der Waals surface area contributed by atoms with Gasteiger partial charge in [-0.05, 0) is 74.2 Å². The monoisotopic (exact) mass is 391 g/mol. The molecule has 5 heteroatoms. The highest BCUT2D eigenvalue weighted by atomic mass is 16.2. The Kier molecular flexibility index (Phi) is 6.25. The smallest absolute Gasteiger partial charge is 0.251 e. The molecule has 0 aromatic heterocycles. The van der Waals surface area contributed by atoms with Crippen LogP contribution in [0.15, 0.2) is 48.5 Å². The van der Waals surface area contributed by atoms with Gasteiger partial charge in [0.1, 0.15) is 0 Å². The lowest BCUT2D eigenvalue weighted by Gasteiger charge is -2.26. The zero-order chi connectivity index (χ0) is 20.1. The van der Waals surface area contributed by atoms with E-state index in [1.807, 2.05) is 17.0 Å². The SMILES string of the molecule is O=C(NCc1ccc(CN2CCCC2)cc1)c1ccc(N2CCCCC2=O)cc1. The Hall–Kier alpha value is -2.66. The second-order valence-corrected chi connectivity index (χ2v) is 8.03. The van der Waals surface area contributed by atoms with E-state index in [0.29, 0.717) is 18.5 Å². The standard InChI is InChI=1S/C24H29N3O2/c28-23-5-1-2-16-27(23)22-12-10-21(11-13-22)24(29)25-17-19-6-8-20(9-7-19)18-26-14-3-4-15-26/h6-13H,1-5,14-18H2,(H,25,29). The van der Waals surface area contributed by atoms with E-state index in [2.05, 4.69) is 34.5 Å². The second-order valence-electron chi connectivity index (χ2n) is 8.03. The van der Waals surface area contributed by atoms with Crippen LogP contribution in [-0.4, -0.2) is 36.3 Å². The van der Waals surface area contributed by atoms with E-state index in [1.165, 1.54) is 31.5 Å². The predicted octanol–water partition coefficient (Wildman–Crippen LogP) is 3.73. The van der Waals surface area contributed by atoms with Gasteiger partial charge in [0.05, 0.1) is 0 Å². The number of piperidine rings is 1. The molecule has 0 spiro atoms. The summed E-state index contributed by atoms with van der Waals surface area (Å²) in [5.41, 5.74) is 3.91. The van der Waals surface area contributed by atoms with E-state index in [0.717, 1.165) is 37.2 Å². The molecule has 2 aliphatic rings. The van der Waals surface area contributed by atoms with Gasteiger partial charge in [0.2, 0.25) is 5.91 Å². The molecular formula is C24H29N3O2. The lowest BCUT2D eigenvalue weighted by atomic mass is 10.1. The van der Waals surface area contributed by atoms with Gasteiger partial charge in [-0.2, -0.15) is 0 Å². The molecule has 0 atom stereocenters. The molecule has 0 saturated carbocycles. The summed E-state index contributed by atoms with van der Waals surface area (Å²) >= 11 is 0. The minimum atomic E-state index is -0.0948. The molecule has 2 heterocycles. The molecule has 2 amide bonds. The summed E-state index contributed by atoms with van der Waals surface area (Å²) in [7, 11) is 0. The average Bonchev–Trinajstić information content (AvgIpc) is 3.27. The first-order valence-corrected chi connectivity index (χ1v) is 10.7. The van der Waals surface area contributed by atoms with E-state index >= 15 is 0 Å². The minimum absolute atomic E-state index is 0.0948. The fraction of sp³-hybridized carbons (Fsp3) is 0.417. The van der Waals surface area contributed by atoms with Crippen molar-refractivity contribution in [3.63, 3.8) is 0 Å². The number of carbonyl (C=O) groups excluding carboxylic acids is 2. The molecule has 0 unspecified atom stereocenters. The maximum atomic E-state index is 12.5. The van der Waals surface area contributed by atoms with Gasteiger partial charge in [-0.15, -0.1) is 0 Å². The molecule has 152 valence electrons. The molecule has 2 aliphatic heterocycles. The van der Waals surface area contributed by atoms with Crippen molar-refractivity contribution in [3.05, 3.63) is 65.2 Å². The Balaban J connectivity index is 1.29. The van der Waals surface area contributed by atoms with Gasteiger partial charge < -0.3 is 10.2 Å². The molecule has 2 aromatic rings. The van der Waals surface area contributed by atoms with E-state index in [9.17, 15) is 9.59 Å². The Morgan fingerprint density at radius 1 is 0.828 bits per heavy atom. The molecule has 2 fully saturated rings. The third kappa shape index (κ3) is 5.04. The molecule has 5 nitrogen and oxygen atoms in total. The number of rotatable bonds is 6. The average molecular weight is 392 g/mol. The first-order valence-electron chi connectivity index (χ1n) is 10.7. The summed E-state index contributed by atoms with van der Waals surface area (Å²) in [4.78, 5) is 28.8. The number of anilines is 1. The van der Waals surface area contributed by atoms with Gasteiger partial charge in [0, 0.05) is 37.3 Å². The van der Waals surface area contributed by atoms with Gasteiger partial charge in [-0.1, -0.05) is 24.3 Å². The fourth-order valence-corrected chi connectivity index (χ4v) is 4.12. The normalized spacial score (nSPS) is 17.5. The number of amides is 2. The Bertz CT molecular complexity index is 839. The van der Waals surface area contributed by atoms with Crippen LogP contribution < -0.4 is 10.2 Å². The van der Waals surface area contributed by atoms with Crippen LogP contribution in [0.5, 0.6) is 0 Å². The largest absolute Gasteiger partial charge is 0.348 e. The maximum absolute atomic E-state index is 12.5. The van der Waals surface area contributed by atoms with Crippen molar-refractivity contribution < 1.29 is 9.59 Å². The number of benzene rings is 2. The van der Waals surface area contributed by atoms with Crippen LogP contribution in [0, 0.1) is 0 Å². The quantitative estimate of drug-likeness (QED) is 0.816. The summed E-state index contributed by atoms with van der Waals surface area (Å²) in [5, 5.41) is 2.99. The molecule has 2 saturated heterocycles. The maximum Gasteiger partial charge on any atom is 0.251 e. The summed E-state index contributed by atoms with van der Waals surface area (Å²) < 4.78 is 0. The Morgan fingerprint density at radius 3 is 2.17 bits per heavy atom. The van der Waals surface area contributed by atoms with Crippen LogP contribution in [0.2, 0.25) is 0 Å². The van der Waals surface area contributed by atoms with Crippen LogP contribution in [0.3, 0.4) is 0 Å². The topological polar surface area (TPSA) is 52.7 Å². The Morgan fingerprint density at radius 2 is 1.48 bits per heavy atom. The van der Waals surface area contributed by atoms with Crippen LogP contribution >= 0.6 is 0 Å². The highest BCUT2D eigenvalue weighted by Crippen LogP contribution is 2.21. The van der Waals surface area contributed by atoms with Crippen LogP contribution in [0.25, 0.3) is 0 Å². The second kappa shape index (κ2) is 9.23. The number of nitrogens with one attached hydrogen (secondary N) is 1. The number of carbonyl (C=O) groups is 2.